The predicted octanol–water partition coefficient (Wildman–Crippen LogP) is 1.48. The minimum absolute atomic E-state index is 0. The maximum atomic E-state index is 12.7. The van der Waals surface area contributed by atoms with E-state index in [0.717, 1.165) is 26.0 Å². The molecule has 148 valence electrons. The Morgan fingerprint density at radius 2 is 1.81 bits per heavy atom. The molecular formula is C16H25ClN2O6S. The maximum absolute atomic E-state index is 12.7. The van der Waals surface area contributed by atoms with Gasteiger partial charge >= 0.3 is 11.9 Å². The predicted molar refractivity (Wildman–Crippen MR) is 99.1 cm³/mol. The van der Waals surface area contributed by atoms with Crippen LogP contribution in [0.2, 0.25) is 0 Å². The van der Waals surface area contributed by atoms with Gasteiger partial charge in [0.1, 0.15) is 0 Å². The first-order valence-electron chi connectivity index (χ1n) is 7.83. The van der Waals surface area contributed by atoms with E-state index in [1.54, 1.807) is 0 Å². The van der Waals surface area contributed by atoms with Crippen molar-refractivity contribution >= 4 is 34.4 Å². The average Bonchev–Trinajstić information content (AvgIpc) is 2.63. The van der Waals surface area contributed by atoms with Crippen LogP contribution in [0.5, 0.6) is 0 Å². The molecule has 1 aromatic rings. The first-order chi connectivity index (χ1) is 11.8. The largest absolute Gasteiger partial charge is 0.465 e. The molecule has 0 heterocycles. The van der Waals surface area contributed by atoms with Gasteiger partial charge in [0.2, 0.25) is 10.0 Å². The number of nitrogens with one attached hydrogen (secondary N) is 1. The zero-order valence-corrected chi connectivity index (χ0v) is 16.6. The molecule has 0 saturated heterocycles. The van der Waals surface area contributed by atoms with Crippen LogP contribution in [0.4, 0.5) is 0 Å². The molecule has 1 aromatic carbocycles. The summed E-state index contributed by atoms with van der Waals surface area (Å²) in [5.41, 5.74) is 5.47. The summed E-state index contributed by atoms with van der Waals surface area (Å²) in [7, 11) is -1.77. The van der Waals surface area contributed by atoms with Crippen molar-refractivity contribution in [1.29, 1.82) is 0 Å². The second-order valence-electron chi connectivity index (χ2n) is 5.39. The lowest BCUT2D eigenvalue weighted by molar-refractivity contribution is 0.0583. The Balaban J connectivity index is 0.00000625. The van der Waals surface area contributed by atoms with Gasteiger partial charge in [-0.2, -0.15) is 0 Å². The van der Waals surface area contributed by atoms with Crippen molar-refractivity contribution < 1.29 is 27.5 Å². The van der Waals surface area contributed by atoms with E-state index < -0.39 is 28.0 Å². The van der Waals surface area contributed by atoms with E-state index in [1.807, 2.05) is 6.92 Å². The van der Waals surface area contributed by atoms with Crippen LogP contribution in [0.25, 0.3) is 0 Å². The van der Waals surface area contributed by atoms with Crippen LogP contribution >= 0.6 is 12.4 Å². The Morgan fingerprint density at radius 3 is 2.31 bits per heavy atom. The summed E-state index contributed by atoms with van der Waals surface area (Å²) in [5.74, 6) is -1.54. The molecule has 0 aliphatic rings. The van der Waals surface area contributed by atoms with E-state index in [9.17, 15) is 18.0 Å². The summed E-state index contributed by atoms with van der Waals surface area (Å²) in [4.78, 5) is 23.2. The lowest BCUT2D eigenvalue weighted by Gasteiger charge is -2.18. The van der Waals surface area contributed by atoms with Crippen LogP contribution in [0.15, 0.2) is 23.1 Å². The quantitative estimate of drug-likeness (QED) is 0.592. The number of carbonyl (C=O) groups excluding carboxylic acids is 2. The van der Waals surface area contributed by atoms with E-state index in [1.165, 1.54) is 19.2 Å². The van der Waals surface area contributed by atoms with E-state index in [4.69, 9.17) is 5.73 Å². The summed E-state index contributed by atoms with van der Waals surface area (Å²) in [5, 5.41) is 0. The second-order valence-corrected chi connectivity index (χ2v) is 7.07. The van der Waals surface area contributed by atoms with Crippen LogP contribution in [-0.4, -0.2) is 47.2 Å². The molecule has 0 aliphatic carbocycles. The molecule has 1 unspecified atom stereocenters. The number of methoxy groups -OCH3 is 2. The Kier molecular flexibility index (Phi) is 10.4. The number of carbonyl (C=O) groups is 2. The van der Waals surface area contributed by atoms with Gasteiger partial charge in [0.05, 0.1) is 30.2 Å². The Labute approximate surface area is 159 Å². The zero-order chi connectivity index (χ0) is 19.0. The van der Waals surface area contributed by atoms with Crippen LogP contribution < -0.4 is 10.5 Å². The lowest BCUT2D eigenvalue weighted by Crippen LogP contribution is -2.40. The molecule has 0 spiro atoms. The van der Waals surface area contributed by atoms with Crippen molar-refractivity contribution in [2.75, 3.05) is 20.8 Å². The van der Waals surface area contributed by atoms with Crippen molar-refractivity contribution in [2.24, 2.45) is 5.73 Å². The molecule has 1 rings (SSSR count). The minimum Gasteiger partial charge on any atom is -0.465 e. The first-order valence-corrected chi connectivity index (χ1v) is 9.32. The molecule has 3 N–H and O–H groups in total. The first kappa shape index (κ1) is 24.3. The van der Waals surface area contributed by atoms with Crippen LogP contribution in [0.1, 0.15) is 46.9 Å². The van der Waals surface area contributed by atoms with Crippen LogP contribution in [-0.2, 0) is 19.5 Å². The van der Waals surface area contributed by atoms with Gasteiger partial charge in [0.15, 0.2) is 0 Å². The fraction of sp³-hybridized carbons (Fsp3) is 0.500. The molecule has 26 heavy (non-hydrogen) atoms. The van der Waals surface area contributed by atoms with E-state index in [0.29, 0.717) is 6.42 Å². The third kappa shape index (κ3) is 6.24. The number of halogens is 1. The summed E-state index contributed by atoms with van der Waals surface area (Å²) < 4.78 is 37.2. The molecule has 0 radical (unpaired) electrons. The van der Waals surface area contributed by atoms with Gasteiger partial charge < -0.3 is 15.2 Å². The van der Waals surface area contributed by atoms with Crippen molar-refractivity contribution in [3.05, 3.63) is 29.3 Å². The maximum Gasteiger partial charge on any atom is 0.339 e. The number of benzene rings is 1. The van der Waals surface area contributed by atoms with Gasteiger partial charge in [0, 0.05) is 12.6 Å². The number of hydrogen-bond donors (Lipinski definition) is 2. The topological polar surface area (TPSA) is 125 Å². The van der Waals surface area contributed by atoms with Crippen molar-refractivity contribution in [1.82, 2.24) is 4.72 Å². The molecular weight excluding hydrogens is 384 g/mol. The van der Waals surface area contributed by atoms with Gasteiger partial charge in [0.25, 0.3) is 0 Å². The summed E-state index contributed by atoms with van der Waals surface area (Å²) in [6, 6.07) is 3.13. The summed E-state index contributed by atoms with van der Waals surface area (Å²) in [6.07, 6.45) is 2.26. The number of esters is 2. The number of unbranched alkanes of at least 4 members (excludes halogenated alkanes) is 1. The number of hydrogen-bond acceptors (Lipinski definition) is 7. The van der Waals surface area contributed by atoms with E-state index >= 15 is 0 Å². The highest BCUT2D eigenvalue weighted by Crippen LogP contribution is 2.20. The van der Waals surface area contributed by atoms with E-state index in [2.05, 4.69) is 14.2 Å². The van der Waals surface area contributed by atoms with Crippen LogP contribution in [0, 0.1) is 0 Å². The van der Waals surface area contributed by atoms with Gasteiger partial charge in [-0.15, -0.1) is 12.4 Å². The number of rotatable bonds is 9. The standard InChI is InChI=1S/C16H24N2O6S.ClH/c1-4-5-6-12(10-17)18-25(21,22)14-9-11(15(19)23-2)7-8-13(14)16(20)24-3;/h7-9,12,18H,4-6,10,17H2,1-3H3;1H. The molecule has 1 atom stereocenters. The van der Waals surface area contributed by atoms with Gasteiger partial charge in [-0.1, -0.05) is 19.8 Å². The van der Waals surface area contributed by atoms with Crippen molar-refractivity contribution in [3.8, 4) is 0 Å². The highest BCUT2D eigenvalue weighted by Gasteiger charge is 2.27. The molecule has 0 aliphatic heterocycles. The molecule has 10 heteroatoms. The molecule has 0 amide bonds. The molecule has 0 aromatic heterocycles. The zero-order valence-electron chi connectivity index (χ0n) is 15.0. The highest BCUT2D eigenvalue weighted by atomic mass is 35.5. The summed E-state index contributed by atoms with van der Waals surface area (Å²) >= 11 is 0. The average molecular weight is 409 g/mol. The monoisotopic (exact) mass is 408 g/mol. The number of sulfonamides is 1. The van der Waals surface area contributed by atoms with E-state index in [-0.39, 0.29) is 35.0 Å². The second kappa shape index (κ2) is 11.1. The number of nitrogens with two attached hydrogens (primary N) is 1. The highest BCUT2D eigenvalue weighted by molar-refractivity contribution is 7.89. The minimum atomic E-state index is -4.09. The molecule has 8 nitrogen and oxygen atoms in total. The fourth-order valence-corrected chi connectivity index (χ4v) is 3.73. The van der Waals surface area contributed by atoms with Gasteiger partial charge in [-0.3, -0.25) is 0 Å². The number of ether oxygens (including phenoxy) is 2. The van der Waals surface area contributed by atoms with Crippen LogP contribution in [0.3, 0.4) is 0 Å². The van der Waals surface area contributed by atoms with Gasteiger partial charge in [-0.05, 0) is 24.6 Å². The third-order valence-electron chi connectivity index (χ3n) is 3.61. The Bertz CT molecular complexity index is 723. The summed E-state index contributed by atoms with van der Waals surface area (Å²) in [6.45, 7) is 2.10. The molecule has 0 fully saturated rings. The van der Waals surface area contributed by atoms with Gasteiger partial charge in [-0.25, -0.2) is 22.7 Å². The Hall–Kier alpha value is -1.68. The van der Waals surface area contributed by atoms with Crippen molar-refractivity contribution in [2.45, 2.75) is 37.1 Å². The molecule has 0 bridgehead atoms. The van der Waals surface area contributed by atoms with Crippen molar-refractivity contribution in [3.63, 3.8) is 0 Å². The smallest absolute Gasteiger partial charge is 0.339 e. The molecule has 0 saturated carbocycles. The SMILES string of the molecule is CCCCC(CN)NS(=O)(=O)c1cc(C(=O)OC)ccc1C(=O)OC.Cl. The fourth-order valence-electron chi connectivity index (χ4n) is 2.23. The Morgan fingerprint density at radius 1 is 1.19 bits per heavy atom. The third-order valence-corrected chi connectivity index (χ3v) is 5.17. The lowest BCUT2D eigenvalue weighted by atomic mass is 10.1. The normalized spacial score (nSPS) is 12.0.